The molecular formula is C8H19N3OSi2. The molecule has 0 aliphatic rings. The second-order valence-corrected chi connectivity index (χ2v) is 13.9. The van der Waals surface area contributed by atoms with E-state index in [1.807, 2.05) is 0 Å². The van der Waals surface area contributed by atoms with E-state index in [2.05, 4.69) is 39.3 Å². The maximum Gasteiger partial charge on any atom is 0.190 e. The first-order valence-corrected chi connectivity index (χ1v) is 11.2. The van der Waals surface area contributed by atoms with Crippen LogP contribution in [0.1, 0.15) is 0 Å². The van der Waals surface area contributed by atoms with Gasteiger partial charge in [0.2, 0.25) is 0 Å². The Kier molecular flexibility index (Phi) is 7.37. The van der Waals surface area contributed by atoms with Gasteiger partial charge in [0, 0.05) is 0 Å². The fraction of sp³-hybridized carbons (Fsp3) is 0.750. The van der Waals surface area contributed by atoms with Gasteiger partial charge in [0.1, 0.15) is 0 Å². The highest BCUT2D eigenvalue weighted by atomic mass is 28.4. The molecule has 0 aromatic rings. The molecule has 0 atom stereocenters. The first kappa shape index (κ1) is 15.6. The first-order chi connectivity index (χ1) is 6.12. The van der Waals surface area contributed by atoms with Crippen LogP contribution in [0.15, 0.2) is 0 Å². The molecule has 0 aromatic carbocycles. The normalized spacial score (nSPS) is 10.3. The van der Waals surface area contributed by atoms with Crippen LogP contribution in [0.2, 0.25) is 39.3 Å². The molecule has 0 fully saturated rings. The van der Waals surface area contributed by atoms with Gasteiger partial charge in [-0.05, 0) is 39.3 Å². The maximum absolute atomic E-state index is 7.48. The van der Waals surface area contributed by atoms with Crippen molar-refractivity contribution in [1.82, 2.24) is 5.32 Å². The SMILES string of the molecule is C[Si](C)(C)O[Si](C)(C)C.N#CNC#N. The Morgan fingerprint density at radius 1 is 0.857 bits per heavy atom. The van der Waals surface area contributed by atoms with E-state index in [4.69, 9.17) is 14.6 Å². The van der Waals surface area contributed by atoms with E-state index in [1.54, 1.807) is 5.32 Å². The lowest BCUT2D eigenvalue weighted by Gasteiger charge is -2.27. The van der Waals surface area contributed by atoms with Gasteiger partial charge in [0.15, 0.2) is 29.0 Å². The van der Waals surface area contributed by atoms with E-state index in [0.29, 0.717) is 0 Å². The Morgan fingerprint density at radius 2 is 1.14 bits per heavy atom. The molecule has 0 radical (unpaired) electrons. The van der Waals surface area contributed by atoms with Gasteiger partial charge in [-0.2, -0.15) is 10.5 Å². The number of nitriles is 2. The maximum atomic E-state index is 7.48. The van der Waals surface area contributed by atoms with Crippen molar-refractivity contribution in [1.29, 1.82) is 10.5 Å². The molecular weight excluding hydrogens is 210 g/mol. The van der Waals surface area contributed by atoms with Crippen molar-refractivity contribution in [3.8, 4) is 12.4 Å². The van der Waals surface area contributed by atoms with Crippen LogP contribution in [0, 0.1) is 22.9 Å². The van der Waals surface area contributed by atoms with E-state index < -0.39 is 16.6 Å². The monoisotopic (exact) mass is 229 g/mol. The molecule has 0 aliphatic carbocycles. The molecule has 0 unspecified atom stereocenters. The fourth-order valence-corrected chi connectivity index (χ4v) is 8.29. The summed E-state index contributed by atoms with van der Waals surface area (Å²) < 4.78 is 5.90. The van der Waals surface area contributed by atoms with E-state index in [9.17, 15) is 0 Å². The number of rotatable bonds is 2. The fourth-order valence-electron chi connectivity index (χ4n) is 0.944. The summed E-state index contributed by atoms with van der Waals surface area (Å²) in [5, 5.41) is 16.7. The van der Waals surface area contributed by atoms with Gasteiger partial charge in [0.05, 0.1) is 0 Å². The van der Waals surface area contributed by atoms with Crippen molar-refractivity contribution in [2.75, 3.05) is 0 Å². The van der Waals surface area contributed by atoms with Gasteiger partial charge in [-0.15, -0.1) is 0 Å². The summed E-state index contributed by atoms with van der Waals surface area (Å²) in [6.45, 7) is 13.4. The molecule has 0 aromatic heterocycles. The molecule has 1 N–H and O–H groups in total. The zero-order valence-corrected chi connectivity index (χ0v) is 11.8. The third kappa shape index (κ3) is 22.5. The molecule has 0 heterocycles. The molecule has 14 heavy (non-hydrogen) atoms. The van der Waals surface area contributed by atoms with E-state index in [0.717, 1.165) is 0 Å². The van der Waals surface area contributed by atoms with Crippen LogP contribution in [-0.4, -0.2) is 16.6 Å². The Labute approximate surface area is 88.8 Å². The second kappa shape index (κ2) is 6.60. The molecule has 0 amide bonds. The molecule has 0 aliphatic heterocycles. The van der Waals surface area contributed by atoms with Crippen LogP contribution in [0.5, 0.6) is 0 Å². The van der Waals surface area contributed by atoms with Crippen molar-refractivity contribution in [3.05, 3.63) is 0 Å². The van der Waals surface area contributed by atoms with Crippen molar-refractivity contribution >= 4 is 16.6 Å². The average Bonchev–Trinajstić information content (AvgIpc) is 1.81. The van der Waals surface area contributed by atoms with Gasteiger partial charge in [-0.3, -0.25) is 0 Å². The summed E-state index contributed by atoms with van der Waals surface area (Å²) in [7, 11) is -2.46. The van der Waals surface area contributed by atoms with E-state index in [-0.39, 0.29) is 0 Å². The number of hydrogen-bond acceptors (Lipinski definition) is 4. The standard InChI is InChI=1S/C6H18OSi2.C2HN3/c1-8(2,3)7-9(4,5)6;3-1-5-2-4/h1-6H3;5H. The average molecular weight is 229 g/mol. The summed E-state index contributed by atoms with van der Waals surface area (Å²) in [5.74, 6) is 0. The van der Waals surface area contributed by atoms with Crippen molar-refractivity contribution in [2.45, 2.75) is 39.3 Å². The molecule has 4 nitrogen and oxygen atoms in total. The van der Waals surface area contributed by atoms with E-state index >= 15 is 0 Å². The summed E-state index contributed by atoms with van der Waals surface area (Å²) in [6, 6.07) is 0. The van der Waals surface area contributed by atoms with Crippen molar-refractivity contribution in [3.63, 3.8) is 0 Å². The molecule has 0 spiro atoms. The van der Waals surface area contributed by atoms with Crippen LogP contribution in [0.4, 0.5) is 0 Å². The largest absolute Gasteiger partial charge is 0.456 e. The Balaban J connectivity index is 0. The lowest BCUT2D eigenvalue weighted by molar-refractivity contribution is 0.559. The van der Waals surface area contributed by atoms with Crippen LogP contribution >= 0.6 is 0 Å². The number of hydrogen-bond donors (Lipinski definition) is 1. The third-order valence-electron chi connectivity index (χ3n) is 0.724. The minimum Gasteiger partial charge on any atom is -0.456 e. The summed E-state index contributed by atoms with van der Waals surface area (Å²) >= 11 is 0. The Morgan fingerprint density at radius 3 is 1.14 bits per heavy atom. The zero-order chi connectivity index (χ0) is 11.8. The van der Waals surface area contributed by atoms with Crippen LogP contribution in [0.3, 0.4) is 0 Å². The summed E-state index contributed by atoms with van der Waals surface area (Å²) in [6.07, 6.45) is 2.81. The van der Waals surface area contributed by atoms with Gasteiger partial charge in [0.25, 0.3) is 0 Å². The van der Waals surface area contributed by atoms with E-state index in [1.165, 1.54) is 12.4 Å². The topological polar surface area (TPSA) is 68.8 Å². The van der Waals surface area contributed by atoms with Gasteiger partial charge >= 0.3 is 0 Å². The Hall–Kier alpha value is -0.826. The molecule has 80 valence electrons. The second-order valence-electron chi connectivity index (χ2n) is 4.68. The predicted octanol–water partition coefficient (Wildman–Crippen LogP) is 2.21. The zero-order valence-electron chi connectivity index (χ0n) is 9.80. The highest BCUT2D eigenvalue weighted by Gasteiger charge is 2.24. The van der Waals surface area contributed by atoms with Crippen LogP contribution in [-0.2, 0) is 4.12 Å². The quantitative estimate of drug-likeness (QED) is 0.448. The van der Waals surface area contributed by atoms with Gasteiger partial charge in [-0.1, -0.05) is 0 Å². The molecule has 0 bridgehead atoms. The van der Waals surface area contributed by atoms with Crippen LogP contribution in [0.25, 0.3) is 0 Å². The molecule has 0 rings (SSSR count). The van der Waals surface area contributed by atoms with Gasteiger partial charge < -0.3 is 4.12 Å². The smallest absolute Gasteiger partial charge is 0.190 e. The highest BCUT2D eigenvalue weighted by Crippen LogP contribution is 2.12. The minimum atomic E-state index is -1.23. The first-order valence-electron chi connectivity index (χ1n) is 4.36. The lowest BCUT2D eigenvalue weighted by atomic mass is 11.2. The van der Waals surface area contributed by atoms with Gasteiger partial charge in [-0.25, -0.2) is 5.32 Å². The van der Waals surface area contributed by atoms with Crippen LogP contribution < -0.4 is 5.32 Å². The van der Waals surface area contributed by atoms with Crippen molar-refractivity contribution in [2.24, 2.45) is 0 Å². The summed E-state index contributed by atoms with van der Waals surface area (Å²) in [4.78, 5) is 0. The summed E-state index contributed by atoms with van der Waals surface area (Å²) in [5.41, 5.74) is 0. The minimum absolute atomic E-state index is 1.23. The predicted molar refractivity (Wildman–Crippen MR) is 62.1 cm³/mol. The number of nitrogens with one attached hydrogen (secondary N) is 1. The third-order valence-corrected chi connectivity index (χ3v) is 5.62. The van der Waals surface area contributed by atoms with Crippen molar-refractivity contribution < 1.29 is 4.12 Å². The highest BCUT2D eigenvalue weighted by molar-refractivity contribution is 6.83. The lowest BCUT2D eigenvalue weighted by Crippen LogP contribution is -2.39. The molecule has 0 saturated carbocycles. The Bertz CT molecular complexity index is 205. The number of nitrogens with zero attached hydrogens (tertiary/aromatic N) is 2. The molecule has 6 heteroatoms. The molecule has 0 saturated heterocycles.